The fourth-order valence-corrected chi connectivity index (χ4v) is 12.1. The Morgan fingerprint density at radius 3 is 2.52 bits per heavy atom. The molecule has 0 spiro atoms. The number of anilines is 3. The van der Waals surface area contributed by atoms with Crippen LogP contribution in [0.1, 0.15) is 94.5 Å². The summed E-state index contributed by atoms with van der Waals surface area (Å²) in [4.78, 5) is 34.1. The first-order valence-corrected chi connectivity index (χ1v) is 24.3. The number of sulfonamides is 1. The lowest BCUT2D eigenvalue weighted by Gasteiger charge is -2.45. The van der Waals surface area contributed by atoms with E-state index in [0.717, 1.165) is 101 Å². The molecule has 2 aromatic carbocycles. The maximum atomic E-state index is 13.9. The lowest BCUT2D eigenvalue weighted by atomic mass is 9.62. The summed E-state index contributed by atoms with van der Waals surface area (Å²) in [6.07, 6.45) is 6.02. The molecule has 6 aliphatic rings. The van der Waals surface area contributed by atoms with Crippen molar-refractivity contribution in [1.82, 2.24) is 14.6 Å². The number of aromatic nitrogens is 1. The average molecular weight is 906 g/mol. The molecule has 64 heavy (non-hydrogen) atoms. The smallest absolute Gasteiger partial charge is 0.392 e. The van der Waals surface area contributed by atoms with Gasteiger partial charge in [-0.2, -0.15) is 13.2 Å². The van der Waals surface area contributed by atoms with Gasteiger partial charge in [0.15, 0.2) is 0 Å². The number of hydrogen-bond donors (Lipinski definition) is 3. The van der Waals surface area contributed by atoms with Gasteiger partial charge < -0.3 is 20.3 Å². The maximum absolute atomic E-state index is 13.9. The van der Waals surface area contributed by atoms with Crippen molar-refractivity contribution in [2.45, 2.75) is 96.1 Å². The Labute approximate surface area is 372 Å². The number of pyridine rings is 1. The fraction of sp³-hybridized carbons (Fsp3) is 0.574. The minimum Gasteiger partial charge on any atom is -0.455 e. The van der Waals surface area contributed by atoms with Crippen LogP contribution in [-0.2, 0) is 16.4 Å². The van der Waals surface area contributed by atoms with E-state index in [1.54, 1.807) is 12.1 Å². The van der Waals surface area contributed by atoms with Gasteiger partial charge in [0, 0.05) is 63.6 Å². The number of hydrogen-bond acceptors (Lipinski definition) is 11. The first kappa shape index (κ1) is 44.3. The first-order chi connectivity index (χ1) is 30.4. The molecule has 13 nitrogen and oxygen atoms in total. The number of alkyl halides is 3. The number of nitro benzene ring substituents is 1. The molecule has 3 N–H and O–H groups in total. The van der Waals surface area contributed by atoms with Crippen LogP contribution in [0.3, 0.4) is 0 Å². The van der Waals surface area contributed by atoms with E-state index in [1.807, 2.05) is 6.07 Å². The largest absolute Gasteiger partial charge is 0.455 e. The van der Waals surface area contributed by atoms with Gasteiger partial charge in [0.1, 0.15) is 23.0 Å². The van der Waals surface area contributed by atoms with Crippen LogP contribution >= 0.6 is 0 Å². The molecular formula is C47H58F3N7O6S. The minimum atomic E-state index is -4.57. The summed E-state index contributed by atoms with van der Waals surface area (Å²) >= 11 is 0. The Hall–Kier alpha value is -4.90. The van der Waals surface area contributed by atoms with Crippen LogP contribution in [0.15, 0.2) is 64.7 Å². The number of ether oxygens (including phenoxy) is 1. The van der Waals surface area contributed by atoms with Crippen molar-refractivity contribution in [3.05, 3.63) is 81.0 Å². The number of halogens is 3. The van der Waals surface area contributed by atoms with Gasteiger partial charge in [-0.3, -0.25) is 19.8 Å². The summed E-state index contributed by atoms with van der Waals surface area (Å²) in [6, 6.07) is 10.4. The van der Waals surface area contributed by atoms with Crippen LogP contribution < -0.4 is 25.0 Å². The van der Waals surface area contributed by atoms with Gasteiger partial charge in [0.25, 0.3) is 21.6 Å². The van der Waals surface area contributed by atoms with E-state index < -0.39 is 43.5 Å². The van der Waals surface area contributed by atoms with Gasteiger partial charge in [-0.05, 0) is 116 Å². The van der Waals surface area contributed by atoms with E-state index in [2.05, 4.69) is 50.9 Å². The van der Waals surface area contributed by atoms with E-state index >= 15 is 0 Å². The van der Waals surface area contributed by atoms with Crippen molar-refractivity contribution in [3.63, 3.8) is 0 Å². The number of nitrogens with zero attached hydrogens (tertiary/aromatic N) is 4. The number of piperazine rings is 1. The molecule has 3 unspecified atom stereocenters. The summed E-state index contributed by atoms with van der Waals surface area (Å²) in [6.45, 7) is 11.4. The second kappa shape index (κ2) is 16.8. The molecule has 9 rings (SSSR count). The maximum Gasteiger partial charge on any atom is 0.392 e. The third-order valence-corrected chi connectivity index (χ3v) is 16.4. The van der Waals surface area contributed by atoms with Gasteiger partial charge in [0.05, 0.1) is 27.5 Å². The molecule has 1 amide bonds. The van der Waals surface area contributed by atoms with Gasteiger partial charge in [-0.25, -0.2) is 18.1 Å². The van der Waals surface area contributed by atoms with E-state index in [4.69, 9.17) is 4.74 Å². The van der Waals surface area contributed by atoms with Crippen LogP contribution in [0, 0.1) is 44.6 Å². The molecular weight excluding hydrogens is 848 g/mol. The summed E-state index contributed by atoms with van der Waals surface area (Å²) in [5, 5.41) is 18.5. The molecule has 0 radical (unpaired) electrons. The average Bonchev–Trinajstić information content (AvgIpc) is 3.54. The number of fused-ring (bicyclic) bond motifs is 2. The van der Waals surface area contributed by atoms with Crippen molar-refractivity contribution in [2.24, 2.45) is 34.5 Å². The summed E-state index contributed by atoms with van der Waals surface area (Å²) in [5.41, 5.74) is 3.88. The predicted molar refractivity (Wildman–Crippen MR) is 238 cm³/mol. The second-order valence-corrected chi connectivity index (χ2v) is 21.7. The molecule has 17 heteroatoms. The van der Waals surface area contributed by atoms with Crippen LogP contribution in [-0.4, -0.2) is 81.1 Å². The van der Waals surface area contributed by atoms with Crippen molar-refractivity contribution < 1.29 is 36.0 Å². The first-order valence-electron chi connectivity index (χ1n) is 22.8. The van der Waals surface area contributed by atoms with Gasteiger partial charge in [0.2, 0.25) is 0 Å². The number of rotatable bonds is 13. The molecule has 1 saturated heterocycles. The third-order valence-electron chi connectivity index (χ3n) is 15.0. The van der Waals surface area contributed by atoms with Crippen molar-refractivity contribution in [1.29, 1.82) is 0 Å². The number of nitrogens with one attached hydrogen (secondary N) is 3. The van der Waals surface area contributed by atoms with E-state index in [1.165, 1.54) is 35.5 Å². The summed E-state index contributed by atoms with van der Waals surface area (Å²) in [7, 11) is -4.57. The van der Waals surface area contributed by atoms with Crippen molar-refractivity contribution >= 4 is 38.8 Å². The van der Waals surface area contributed by atoms with Crippen molar-refractivity contribution in [2.75, 3.05) is 61.3 Å². The molecule has 0 bridgehead atoms. The SMILES string of the molecule is CC1CCC(CNc2ccc(S(=O)(=O)NC(=O)c3ccc(N4CCN(CC5=C(C67CC(C(F)(F)F)C6C7)CC(C)(C)CC5)CC4)cc3Oc3cnc4c(c3)CCN4)cc2[N+](=O)[O-])CC1. The minimum absolute atomic E-state index is 0.0552. The molecule has 3 aromatic rings. The third kappa shape index (κ3) is 9.03. The molecule has 2 aliphatic heterocycles. The van der Waals surface area contributed by atoms with Gasteiger partial charge >= 0.3 is 6.18 Å². The van der Waals surface area contributed by atoms with E-state index in [0.29, 0.717) is 43.6 Å². The molecule has 1 aromatic heterocycles. The zero-order valence-electron chi connectivity index (χ0n) is 36.7. The summed E-state index contributed by atoms with van der Waals surface area (Å²) in [5.74, 6) is -0.167. The lowest BCUT2D eigenvalue weighted by molar-refractivity contribution is -0.384. The monoisotopic (exact) mass is 905 g/mol. The van der Waals surface area contributed by atoms with Crippen LogP contribution in [0.5, 0.6) is 11.5 Å². The van der Waals surface area contributed by atoms with Crippen LogP contribution in [0.25, 0.3) is 0 Å². The molecule has 3 saturated carbocycles. The predicted octanol–water partition coefficient (Wildman–Crippen LogP) is 9.32. The number of carbonyl (C=O) groups excluding carboxylic acids is 1. The number of nitro groups is 1. The van der Waals surface area contributed by atoms with Gasteiger partial charge in [-0.1, -0.05) is 44.8 Å². The Bertz CT molecular complexity index is 2460. The highest BCUT2D eigenvalue weighted by molar-refractivity contribution is 7.90. The normalized spacial score (nSPS) is 26.6. The van der Waals surface area contributed by atoms with Crippen LogP contribution in [0.4, 0.5) is 36.1 Å². The molecule has 344 valence electrons. The molecule has 4 aliphatic carbocycles. The Balaban J connectivity index is 0.909. The lowest BCUT2D eigenvalue weighted by Crippen LogP contribution is -2.47. The Morgan fingerprint density at radius 2 is 1.80 bits per heavy atom. The standard InChI is InChI=1S/C47H58F3N7O6S/c1-29-4-6-30(7-5-29)26-52-40-11-9-35(22-41(40)57(59)60)64(61,62)54-44(58)36-10-8-33(21-42(36)63-34-20-31-13-15-51-43(31)53-27-34)56-18-16-55(17-19-56)28-32-12-14-45(2,3)23-37(32)46-24-38(46)39(25-46)47(48,49)50/h8-11,20-22,27,29-30,38-39,52H,4-7,12-19,23-26,28H2,1-3H3,(H,51,53)(H,54,58). The molecule has 3 atom stereocenters. The Morgan fingerprint density at radius 1 is 1.03 bits per heavy atom. The zero-order valence-corrected chi connectivity index (χ0v) is 37.5. The molecule has 4 fully saturated rings. The number of amides is 1. The van der Waals surface area contributed by atoms with Crippen molar-refractivity contribution in [3.8, 4) is 11.5 Å². The number of allylic oxidation sites excluding steroid dienone is 1. The number of benzene rings is 2. The van der Waals surface area contributed by atoms with E-state index in [-0.39, 0.29) is 40.2 Å². The highest BCUT2D eigenvalue weighted by Gasteiger charge is 2.75. The Kier molecular flexibility index (Phi) is 11.7. The summed E-state index contributed by atoms with van der Waals surface area (Å²) < 4.78 is 77.0. The quantitative estimate of drug-likeness (QED) is 0.0853. The fourth-order valence-electron chi connectivity index (χ4n) is 11.1. The highest BCUT2D eigenvalue weighted by Crippen LogP contribution is 2.78. The molecule has 3 heterocycles. The highest BCUT2D eigenvalue weighted by atomic mass is 32.2. The van der Waals surface area contributed by atoms with Gasteiger partial charge in [-0.15, -0.1) is 0 Å². The zero-order chi connectivity index (χ0) is 45.2. The second-order valence-electron chi connectivity index (χ2n) is 20.0. The van der Waals surface area contributed by atoms with Crippen LogP contribution in [0.2, 0.25) is 0 Å². The number of carbonyl (C=O) groups is 1. The topological polar surface area (TPSA) is 159 Å². The van der Waals surface area contributed by atoms with E-state index in [9.17, 15) is 36.5 Å².